The Kier molecular flexibility index (Phi) is 6.60. The molecule has 3 N–H and O–H groups in total. The first-order chi connectivity index (χ1) is 15.1. The highest BCUT2D eigenvalue weighted by Gasteiger charge is 2.25. The number of hydrogen-bond acceptors (Lipinski definition) is 5. The minimum atomic E-state index is -0.539. The van der Waals surface area contributed by atoms with Gasteiger partial charge in [0.05, 0.1) is 5.69 Å². The zero-order chi connectivity index (χ0) is 21.6. The van der Waals surface area contributed by atoms with Crippen molar-refractivity contribution in [2.75, 3.05) is 0 Å². The number of carbonyl (C=O) groups is 1. The van der Waals surface area contributed by atoms with Gasteiger partial charge in [0.1, 0.15) is 5.76 Å². The first-order valence-corrected chi connectivity index (χ1v) is 10.6. The first-order valence-electron chi connectivity index (χ1n) is 10.6. The SMILES string of the molecule is Cc1oc(-c2ccccc2)nc1CCC1CCC(c2ccc(/C=C/C(=O)NO)cc2)N1. The highest BCUT2D eigenvalue weighted by Crippen LogP contribution is 2.29. The summed E-state index contributed by atoms with van der Waals surface area (Å²) in [5, 5.41) is 12.3. The van der Waals surface area contributed by atoms with Crippen LogP contribution < -0.4 is 10.8 Å². The fourth-order valence-electron chi connectivity index (χ4n) is 4.03. The number of rotatable bonds is 7. The van der Waals surface area contributed by atoms with Gasteiger partial charge in [0, 0.05) is 23.7 Å². The monoisotopic (exact) mass is 417 g/mol. The Balaban J connectivity index is 1.31. The van der Waals surface area contributed by atoms with E-state index in [1.54, 1.807) is 11.6 Å². The predicted octanol–water partition coefficient (Wildman–Crippen LogP) is 4.59. The predicted molar refractivity (Wildman–Crippen MR) is 119 cm³/mol. The van der Waals surface area contributed by atoms with E-state index in [-0.39, 0.29) is 0 Å². The Bertz CT molecular complexity index is 1040. The van der Waals surface area contributed by atoms with Crippen molar-refractivity contribution < 1.29 is 14.4 Å². The van der Waals surface area contributed by atoms with Gasteiger partial charge in [0.2, 0.25) is 5.89 Å². The van der Waals surface area contributed by atoms with Crippen LogP contribution in [0.3, 0.4) is 0 Å². The topological polar surface area (TPSA) is 87.4 Å². The number of oxazole rings is 1. The van der Waals surface area contributed by atoms with Crippen LogP contribution in [0.1, 0.15) is 47.9 Å². The number of aryl methyl sites for hydroxylation is 2. The summed E-state index contributed by atoms with van der Waals surface area (Å²) in [6.45, 7) is 1.99. The van der Waals surface area contributed by atoms with Crippen molar-refractivity contribution in [3.63, 3.8) is 0 Å². The normalized spacial score (nSPS) is 18.5. The van der Waals surface area contributed by atoms with Gasteiger partial charge in [-0.05, 0) is 61.9 Å². The van der Waals surface area contributed by atoms with E-state index in [2.05, 4.69) is 17.4 Å². The van der Waals surface area contributed by atoms with Crippen LogP contribution in [0.4, 0.5) is 0 Å². The molecule has 0 saturated carbocycles. The van der Waals surface area contributed by atoms with E-state index < -0.39 is 5.91 Å². The van der Waals surface area contributed by atoms with Crippen molar-refractivity contribution in [2.45, 2.75) is 44.7 Å². The Hall–Kier alpha value is -3.22. The number of nitrogens with one attached hydrogen (secondary N) is 2. The number of amides is 1. The lowest BCUT2D eigenvalue weighted by Gasteiger charge is -2.14. The molecule has 2 atom stereocenters. The first kappa shape index (κ1) is 21.0. The summed E-state index contributed by atoms with van der Waals surface area (Å²) in [5.74, 6) is 1.05. The highest BCUT2D eigenvalue weighted by atomic mass is 16.5. The van der Waals surface area contributed by atoms with Crippen LogP contribution >= 0.6 is 0 Å². The van der Waals surface area contributed by atoms with Crippen LogP contribution in [0.15, 0.2) is 65.1 Å². The number of hydroxylamine groups is 1. The van der Waals surface area contributed by atoms with Gasteiger partial charge in [-0.25, -0.2) is 10.5 Å². The molecule has 0 aliphatic carbocycles. The third-order valence-electron chi connectivity index (χ3n) is 5.76. The van der Waals surface area contributed by atoms with Crippen molar-refractivity contribution in [1.82, 2.24) is 15.8 Å². The molecule has 1 aliphatic heterocycles. The largest absolute Gasteiger partial charge is 0.441 e. The van der Waals surface area contributed by atoms with Gasteiger partial charge in [-0.1, -0.05) is 42.5 Å². The molecule has 0 spiro atoms. The summed E-state index contributed by atoms with van der Waals surface area (Å²) in [6, 6.07) is 18.9. The standard InChI is InChI=1S/C25H27N3O3/c1-17-22(27-25(31-17)20-5-3-2-4-6-20)14-12-21-13-15-23(26-21)19-10-7-18(8-11-19)9-16-24(29)28-30/h2-11,16,21,23,26,30H,12-15H2,1H3,(H,28,29)/b16-9+. The Morgan fingerprint density at radius 3 is 2.71 bits per heavy atom. The third-order valence-corrected chi connectivity index (χ3v) is 5.76. The van der Waals surface area contributed by atoms with E-state index in [1.165, 1.54) is 11.6 Å². The van der Waals surface area contributed by atoms with Gasteiger partial charge in [0.15, 0.2) is 0 Å². The van der Waals surface area contributed by atoms with Gasteiger partial charge in [-0.3, -0.25) is 10.0 Å². The quantitative estimate of drug-likeness (QED) is 0.297. The zero-order valence-corrected chi connectivity index (χ0v) is 17.5. The molecule has 2 unspecified atom stereocenters. The minimum Gasteiger partial charge on any atom is -0.441 e. The second-order valence-electron chi connectivity index (χ2n) is 7.90. The van der Waals surface area contributed by atoms with Gasteiger partial charge in [-0.15, -0.1) is 0 Å². The molecule has 2 heterocycles. The molecule has 1 saturated heterocycles. The average Bonchev–Trinajstić information content (AvgIpc) is 3.43. The number of aromatic nitrogens is 1. The number of benzene rings is 2. The van der Waals surface area contributed by atoms with E-state index in [0.717, 1.165) is 48.3 Å². The minimum absolute atomic E-state index is 0.335. The lowest BCUT2D eigenvalue weighted by Crippen LogP contribution is -2.24. The van der Waals surface area contributed by atoms with E-state index in [0.29, 0.717) is 18.0 Å². The Morgan fingerprint density at radius 2 is 1.97 bits per heavy atom. The smallest absolute Gasteiger partial charge is 0.267 e. The molecule has 3 aromatic rings. The van der Waals surface area contributed by atoms with Crippen LogP contribution in [0.5, 0.6) is 0 Å². The van der Waals surface area contributed by atoms with Crippen molar-refractivity contribution in [1.29, 1.82) is 0 Å². The molecule has 1 aliphatic rings. The molecule has 1 amide bonds. The van der Waals surface area contributed by atoms with Crippen molar-refractivity contribution in [3.8, 4) is 11.5 Å². The van der Waals surface area contributed by atoms with E-state index in [9.17, 15) is 4.79 Å². The second kappa shape index (κ2) is 9.73. The van der Waals surface area contributed by atoms with Gasteiger partial charge >= 0.3 is 0 Å². The summed E-state index contributed by atoms with van der Waals surface area (Å²) in [4.78, 5) is 15.8. The molecule has 31 heavy (non-hydrogen) atoms. The van der Waals surface area contributed by atoms with Crippen LogP contribution in [0.2, 0.25) is 0 Å². The van der Waals surface area contributed by atoms with Crippen LogP contribution in [-0.4, -0.2) is 22.1 Å². The molecule has 4 rings (SSSR count). The lowest BCUT2D eigenvalue weighted by atomic mass is 10.0. The summed E-state index contributed by atoms with van der Waals surface area (Å²) in [6.07, 6.45) is 7.11. The molecule has 0 bridgehead atoms. The van der Waals surface area contributed by atoms with E-state index in [1.807, 2.05) is 49.4 Å². The Labute approximate surface area is 182 Å². The van der Waals surface area contributed by atoms with Gasteiger partial charge in [-0.2, -0.15) is 0 Å². The van der Waals surface area contributed by atoms with Crippen LogP contribution in [0, 0.1) is 6.92 Å². The maximum Gasteiger partial charge on any atom is 0.267 e. The van der Waals surface area contributed by atoms with Gasteiger partial charge in [0.25, 0.3) is 5.91 Å². The molecular formula is C25H27N3O3. The fourth-order valence-corrected chi connectivity index (χ4v) is 4.03. The molecule has 6 heteroatoms. The molecular weight excluding hydrogens is 390 g/mol. The maximum absolute atomic E-state index is 11.1. The molecule has 6 nitrogen and oxygen atoms in total. The van der Waals surface area contributed by atoms with E-state index >= 15 is 0 Å². The summed E-state index contributed by atoms with van der Waals surface area (Å²) in [5.41, 5.74) is 5.79. The number of carbonyl (C=O) groups excluding carboxylic acids is 1. The van der Waals surface area contributed by atoms with Crippen LogP contribution in [-0.2, 0) is 11.2 Å². The molecule has 160 valence electrons. The average molecular weight is 418 g/mol. The fraction of sp³-hybridized carbons (Fsp3) is 0.280. The zero-order valence-electron chi connectivity index (χ0n) is 17.5. The van der Waals surface area contributed by atoms with Crippen LogP contribution in [0.25, 0.3) is 17.5 Å². The van der Waals surface area contributed by atoms with Crippen molar-refractivity contribution >= 4 is 12.0 Å². The molecule has 1 aromatic heterocycles. The summed E-state index contributed by atoms with van der Waals surface area (Å²) < 4.78 is 5.88. The Morgan fingerprint density at radius 1 is 1.19 bits per heavy atom. The molecule has 2 aromatic carbocycles. The van der Waals surface area contributed by atoms with E-state index in [4.69, 9.17) is 14.6 Å². The number of nitrogens with zero attached hydrogens (tertiary/aromatic N) is 1. The summed E-state index contributed by atoms with van der Waals surface area (Å²) in [7, 11) is 0. The number of hydrogen-bond donors (Lipinski definition) is 3. The summed E-state index contributed by atoms with van der Waals surface area (Å²) >= 11 is 0. The lowest BCUT2D eigenvalue weighted by molar-refractivity contribution is -0.124. The molecule has 1 fully saturated rings. The van der Waals surface area contributed by atoms with Crippen molar-refractivity contribution in [3.05, 3.63) is 83.3 Å². The maximum atomic E-state index is 11.1. The molecule has 0 radical (unpaired) electrons. The second-order valence-corrected chi connectivity index (χ2v) is 7.90. The highest BCUT2D eigenvalue weighted by molar-refractivity contribution is 5.90. The third kappa shape index (κ3) is 5.29. The van der Waals surface area contributed by atoms with Crippen molar-refractivity contribution in [2.24, 2.45) is 0 Å². The van der Waals surface area contributed by atoms with Gasteiger partial charge < -0.3 is 9.73 Å².